The highest BCUT2D eigenvalue weighted by atomic mass is 32.2. The molecular formula is C15H23NO2S. The Balaban J connectivity index is 2.18. The Labute approximate surface area is 120 Å². The lowest BCUT2D eigenvalue weighted by molar-refractivity contribution is -0.120. The van der Waals surface area contributed by atoms with E-state index in [0.717, 1.165) is 11.3 Å². The van der Waals surface area contributed by atoms with Crippen molar-refractivity contribution in [3.05, 3.63) is 30.3 Å². The minimum Gasteiger partial charge on any atom is -0.379 e. The molecule has 0 unspecified atom stereocenters. The van der Waals surface area contributed by atoms with Gasteiger partial charge < -0.3 is 10.1 Å². The van der Waals surface area contributed by atoms with Gasteiger partial charge in [-0.15, -0.1) is 11.8 Å². The summed E-state index contributed by atoms with van der Waals surface area (Å²) in [5.41, 5.74) is 0. The van der Waals surface area contributed by atoms with Gasteiger partial charge in [0.25, 0.3) is 0 Å². The van der Waals surface area contributed by atoms with E-state index in [1.807, 2.05) is 51.1 Å². The Kier molecular flexibility index (Phi) is 7.60. The molecule has 106 valence electrons. The molecule has 0 saturated carbocycles. The van der Waals surface area contributed by atoms with Crippen molar-refractivity contribution in [2.45, 2.75) is 43.4 Å². The summed E-state index contributed by atoms with van der Waals surface area (Å²) in [6.45, 7) is 7.31. The largest absolute Gasteiger partial charge is 0.379 e. The van der Waals surface area contributed by atoms with Gasteiger partial charge >= 0.3 is 0 Å². The molecule has 1 N–H and O–H groups in total. The molecule has 0 aliphatic heterocycles. The van der Waals surface area contributed by atoms with Gasteiger partial charge in [-0.3, -0.25) is 4.79 Å². The van der Waals surface area contributed by atoms with Gasteiger partial charge in [-0.05, 0) is 39.3 Å². The molecule has 0 spiro atoms. The maximum absolute atomic E-state index is 11.9. The van der Waals surface area contributed by atoms with Gasteiger partial charge in [0, 0.05) is 18.0 Å². The fourth-order valence-electron chi connectivity index (χ4n) is 1.50. The molecule has 0 radical (unpaired) electrons. The first-order chi connectivity index (χ1) is 9.09. The lowest BCUT2D eigenvalue weighted by atomic mass is 10.4. The van der Waals surface area contributed by atoms with Crippen molar-refractivity contribution in [2.24, 2.45) is 0 Å². The zero-order valence-electron chi connectivity index (χ0n) is 11.9. The summed E-state index contributed by atoms with van der Waals surface area (Å²) < 4.78 is 5.42. The van der Waals surface area contributed by atoms with Crippen molar-refractivity contribution in [1.29, 1.82) is 0 Å². The number of rotatable bonds is 8. The van der Waals surface area contributed by atoms with Crippen LogP contribution in [0.25, 0.3) is 0 Å². The van der Waals surface area contributed by atoms with E-state index in [9.17, 15) is 4.79 Å². The normalized spacial score (nSPS) is 12.4. The number of amides is 1. The average molecular weight is 281 g/mol. The van der Waals surface area contributed by atoms with Crippen LogP contribution in [0.4, 0.5) is 0 Å². The molecular weight excluding hydrogens is 258 g/mol. The molecule has 0 aromatic heterocycles. The zero-order chi connectivity index (χ0) is 14.1. The Morgan fingerprint density at radius 2 is 1.95 bits per heavy atom. The van der Waals surface area contributed by atoms with Crippen LogP contribution in [0.5, 0.6) is 0 Å². The minimum absolute atomic E-state index is 0.0755. The standard InChI is InChI=1S/C15H23NO2S/c1-12(2)18-11-7-10-16-15(17)13(3)19-14-8-5-4-6-9-14/h4-6,8-9,12-13H,7,10-11H2,1-3H3,(H,16,17)/t13-/m0/s1. The quantitative estimate of drug-likeness (QED) is 0.588. The van der Waals surface area contributed by atoms with Crippen LogP contribution in [0.1, 0.15) is 27.2 Å². The van der Waals surface area contributed by atoms with Crippen molar-refractivity contribution in [3.63, 3.8) is 0 Å². The van der Waals surface area contributed by atoms with Gasteiger partial charge in [0.15, 0.2) is 0 Å². The van der Waals surface area contributed by atoms with Crippen LogP contribution >= 0.6 is 11.8 Å². The molecule has 4 heteroatoms. The summed E-state index contributed by atoms with van der Waals surface area (Å²) in [4.78, 5) is 13.0. The van der Waals surface area contributed by atoms with E-state index in [4.69, 9.17) is 4.74 Å². The van der Waals surface area contributed by atoms with Crippen LogP contribution in [0.2, 0.25) is 0 Å². The second-order valence-electron chi connectivity index (χ2n) is 4.64. The number of hydrogen-bond donors (Lipinski definition) is 1. The maximum Gasteiger partial charge on any atom is 0.233 e. The lowest BCUT2D eigenvalue weighted by Crippen LogP contribution is -2.32. The number of carbonyl (C=O) groups is 1. The second kappa shape index (κ2) is 8.99. The predicted octanol–water partition coefficient (Wildman–Crippen LogP) is 3.10. The third-order valence-corrected chi connectivity index (χ3v) is 3.61. The van der Waals surface area contributed by atoms with Crippen LogP contribution in [0, 0.1) is 0 Å². The molecule has 1 rings (SSSR count). The van der Waals surface area contributed by atoms with Crippen molar-refractivity contribution in [2.75, 3.05) is 13.2 Å². The summed E-state index contributed by atoms with van der Waals surface area (Å²) >= 11 is 1.58. The first kappa shape index (κ1) is 16.1. The smallest absolute Gasteiger partial charge is 0.233 e. The number of hydrogen-bond acceptors (Lipinski definition) is 3. The molecule has 1 aromatic carbocycles. The molecule has 3 nitrogen and oxygen atoms in total. The Morgan fingerprint density at radius 1 is 1.26 bits per heavy atom. The average Bonchev–Trinajstić information content (AvgIpc) is 2.38. The van der Waals surface area contributed by atoms with Gasteiger partial charge in [-0.2, -0.15) is 0 Å². The molecule has 0 bridgehead atoms. The first-order valence-corrected chi connectivity index (χ1v) is 7.58. The Hall–Kier alpha value is -1.00. The Bertz CT molecular complexity index is 368. The third-order valence-electron chi connectivity index (χ3n) is 2.50. The van der Waals surface area contributed by atoms with E-state index < -0.39 is 0 Å². The summed E-state index contributed by atoms with van der Waals surface area (Å²) in [7, 11) is 0. The van der Waals surface area contributed by atoms with Crippen molar-refractivity contribution < 1.29 is 9.53 Å². The predicted molar refractivity (Wildman–Crippen MR) is 80.5 cm³/mol. The van der Waals surface area contributed by atoms with Crippen LogP contribution in [-0.2, 0) is 9.53 Å². The third kappa shape index (κ3) is 7.23. The van der Waals surface area contributed by atoms with Crippen molar-refractivity contribution in [3.8, 4) is 0 Å². The number of thioether (sulfide) groups is 1. The van der Waals surface area contributed by atoms with E-state index in [2.05, 4.69) is 5.32 Å². The van der Waals surface area contributed by atoms with Gasteiger partial charge in [-0.25, -0.2) is 0 Å². The molecule has 1 atom stereocenters. The van der Waals surface area contributed by atoms with E-state index in [-0.39, 0.29) is 17.3 Å². The molecule has 1 amide bonds. The monoisotopic (exact) mass is 281 g/mol. The minimum atomic E-state index is -0.0755. The van der Waals surface area contributed by atoms with E-state index in [1.54, 1.807) is 11.8 Å². The molecule has 0 saturated heterocycles. The van der Waals surface area contributed by atoms with Crippen molar-refractivity contribution >= 4 is 17.7 Å². The fourth-order valence-corrected chi connectivity index (χ4v) is 2.42. The topological polar surface area (TPSA) is 38.3 Å². The SMILES string of the molecule is CC(C)OCCCNC(=O)[C@H](C)Sc1ccccc1. The zero-order valence-corrected chi connectivity index (χ0v) is 12.7. The molecule has 0 aliphatic carbocycles. The first-order valence-electron chi connectivity index (χ1n) is 6.70. The van der Waals surface area contributed by atoms with Gasteiger partial charge in [0.05, 0.1) is 11.4 Å². The molecule has 0 aliphatic rings. The van der Waals surface area contributed by atoms with Crippen LogP contribution in [0.3, 0.4) is 0 Å². The Morgan fingerprint density at radius 3 is 2.58 bits per heavy atom. The molecule has 1 aromatic rings. The summed E-state index contributed by atoms with van der Waals surface area (Å²) in [5.74, 6) is 0.0819. The number of ether oxygens (including phenoxy) is 1. The second-order valence-corrected chi connectivity index (χ2v) is 6.05. The fraction of sp³-hybridized carbons (Fsp3) is 0.533. The van der Waals surface area contributed by atoms with Crippen LogP contribution in [0.15, 0.2) is 35.2 Å². The molecule has 0 fully saturated rings. The van der Waals surface area contributed by atoms with E-state index >= 15 is 0 Å². The van der Waals surface area contributed by atoms with E-state index in [1.165, 1.54) is 0 Å². The summed E-state index contributed by atoms with van der Waals surface area (Å²) in [5, 5.41) is 2.86. The molecule has 19 heavy (non-hydrogen) atoms. The molecule has 0 heterocycles. The number of benzene rings is 1. The summed E-state index contributed by atoms with van der Waals surface area (Å²) in [6, 6.07) is 9.98. The lowest BCUT2D eigenvalue weighted by Gasteiger charge is -2.12. The summed E-state index contributed by atoms with van der Waals surface area (Å²) in [6.07, 6.45) is 1.11. The van der Waals surface area contributed by atoms with Gasteiger partial charge in [0.2, 0.25) is 5.91 Å². The maximum atomic E-state index is 11.9. The highest BCUT2D eigenvalue weighted by Gasteiger charge is 2.13. The number of nitrogens with one attached hydrogen (secondary N) is 1. The number of carbonyl (C=O) groups excluding carboxylic acids is 1. The van der Waals surface area contributed by atoms with E-state index in [0.29, 0.717) is 13.2 Å². The highest BCUT2D eigenvalue weighted by molar-refractivity contribution is 8.00. The van der Waals surface area contributed by atoms with Crippen LogP contribution < -0.4 is 5.32 Å². The van der Waals surface area contributed by atoms with Crippen LogP contribution in [-0.4, -0.2) is 30.4 Å². The highest BCUT2D eigenvalue weighted by Crippen LogP contribution is 2.22. The van der Waals surface area contributed by atoms with Crippen molar-refractivity contribution in [1.82, 2.24) is 5.32 Å². The van der Waals surface area contributed by atoms with Gasteiger partial charge in [-0.1, -0.05) is 18.2 Å². The van der Waals surface area contributed by atoms with Gasteiger partial charge in [0.1, 0.15) is 0 Å².